The van der Waals surface area contributed by atoms with Crippen LogP contribution in [0, 0.1) is 0 Å². The fourth-order valence-corrected chi connectivity index (χ4v) is 2.68. The van der Waals surface area contributed by atoms with Crippen LogP contribution in [-0.4, -0.2) is 55.9 Å². The number of anilines is 1. The average Bonchev–Trinajstić information content (AvgIpc) is 2.53. The van der Waals surface area contributed by atoms with Crippen LogP contribution in [-0.2, 0) is 6.18 Å². The largest absolute Gasteiger partial charge is 0.494 e. The number of nitrogens with zero attached hydrogens (tertiary/aromatic N) is 2. The van der Waals surface area contributed by atoms with Crippen molar-refractivity contribution < 1.29 is 23.0 Å². The highest BCUT2D eigenvalue weighted by Crippen LogP contribution is 2.39. The third-order valence-corrected chi connectivity index (χ3v) is 3.88. The molecule has 1 N–H and O–H groups in total. The number of hydrogen-bond donors (Lipinski definition) is 1. The molecule has 1 aromatic carbocycles. The Hall–Kier alpha value is -1.47. The van der Waals surface area contributed by atoms with Gasteiger partial charge in [0.25, 0.3) is 0 Å². The zero-order chi connectivity index (χ0) is 16.9. The molecule has 0 bridgehead atoms. The first-order valence-corrected chi connectivity index (χ1v) is 7.88. The lowest BCUT2D eigenvalue weighted by atomic mass is 10.1. The van der Waals surface area contributed by atoms with Crippen molar-refractivity contribution in [2.45, 2.75) is 19.5 Å². The van der Waals surface area contributed by atoms with Gasteiger partial charge in [-0.3, -0.25) is 4.90 Å². The van der Waals surface area contributed by atoms with E-state index >= 15 is 0 Å². The summed E-state index contributed by atoms with van der Waals surface area (Å²) in [5, 5.41) is 8.94. The highest BCUT2D eigenvalue weighted by molar-refractivity contribution is 5.58. The van der Waals surface area contributed by atoms with Gasteiger partial charge in [0.1, 0.15) is 5.75 Å². The van der Waals surface area contributed by atoms with Crippen LogP contribution < -0.4 is 9.64 Å². The second kappa shape index (κ2) is 7.88. The minimum Gasteiger partial charge on any atom is -0.494 e. The molecule has 0 spiro atoms. The second-order valence-electron chi connectivity index (χ2n) is 5.58. The molecule has 1 heterocycles. The Bertz CT molecular complexity index is 501. The third-order valence-electron chi connectivity index (χ3n) is 3.88. The number of halogens is 3. The Kier molecular flexibility index (Phi) is 6.12. The molecule has 0 saturated carbocycles. The van der Waals surface area contributed by atoms with Crippen molar-refractivity contribution in [3.63, 3.8) is 0 Å². The summed E-state index contributed by atoms with van der Waals surface area (Å²) >= 11 is 0. The fraction of sp³-hybridized carbons (Fsp3) is 0.625. The van der Waals surface area contributed by atoms with Gasteiger partial charge in [-0.25, -0.2) is 0 Å². The Morgan fingerprint density at radius 1 is 1.17 bits per heavy atom. The van der Waals surface area contributed by atoms with E-state index in [-0.39, 0.29) is 18.0 Å². The first-order valence-electron chi connectivity index (χ1n) is 7.88. The second-order valence-corrected chi connectivity index (χ2v) is 5.58. The van der Waals surface area contributed by atoms with Crippen molar-refractivity contribution in [3.8, 4) is 5.75 Å². The molecule has 0 aliphatic carbocycles. The van der Waals surface area contributed by atoms with Crippen LogP contribution in [0.5, 0.6) is 5.75 Å². The van der Waals surface area contributed by atoms with Crippen molar-refractivity contribution in [2.24, 2.45) is 0 Å². The highest BCUT2D eigenvalue weighted by Gasteiger charge is 2.36. The smallest absolute Gasteiger partial charge is 0.418 e. The minimum absolute atomic E-state index is 0.0667. The molecule has 1 fully saturated rings. The quantitative estimate of drug-likeness (QED) is 0.869. The molecule has 0 atom stereocenters. The molecule has 23 heavy (non-hydrogen) atoms. The maximum absolute atomic E-state index is 13.4. The maximum atomic E-state index is 13.4. The Labute approximate surface area is 134 Å². The van der Waals surface area contributed by atoms with Crippen molar-refractivity contribution in [1.82, 2.24) is 4.90 Å². The SMILES string of the molecule is CCCOc1ccc(N2CCN(CCO)CC2)c(C(F)(F)F)c1. The lowest BCUT2D eigenvalue weighted by Gasteiger charge is -2.37. The molecule has 1 aliphatic heterocycles. The molecule has 130 valence electrons. The summed E-state index contributed by atoms with van der Waals surface area (Å²) in [4.78, 5) is 3.79. The normalized spacial score (nSPS) is 16.7. The molecule has 0 radical (unpaired) electrons. The van der Waals surface area contributed by atoms with E-state index in [4.69, 9.17) is 9.84 Å². The number of benzene rings is 1. The molecule has 7 heteroatoms. The van der Waals surface area contributed by atoms with Crippen LogP contribution >= 0.6 is 0 Å². The molecule has 0 amide bonds. The van der Waals surface area contributed by atoms with E-state index in [2.05, 4.69) is 0 Å². The number of aliphatic hydroxyl groups excluding tert-OH is 1. The van der Waals surface area contributed by atoms with E-state index in [0.717, 1.165) is 12.5 Å². The number of piperazine rings is 1. The first kappa shape index (κ1) is 17.9. The minimum atomic E-state index is -4.41. The lowest BCUT2D eigenvalue weighted by Crippen LogP contribution is -2.47. The molecule has 0 unspecified atom stereocenters. The maximum Gasteiger partial charge on any atom is 0.418 e. The Balaban J connectivity index is 2.17. The summed E-state index contributed by atoms with van der Waals surface area (Å²) in [6, 6.07) is 4.18. The van der Waals surface area contributed by atoms with Crippen molar-refractivity contribution in [2.75, 3.05) is 50.8 Å². The highest BCUT2D eigenvalue weighted by atomic mass is 19.4. The Morgan fingerprint density at radius 3 is 2.43 bits per heavy atom. The van der Waals surface area contributed by atoms with E-state index in [1.165, 1.54) is 6.07 Å². The fourth-order valence-electron chi connectivity index (χ4n) is 2.68. The molecule has 1 saturated heterocycles. The van der Waals surface area contributed by atoms with E-state index in [1.54, 1.807) is 11.0 Å². The van der Waals surface area contributed by atoms with E-state index in [0.29, 0.717) is 39.3 Å². The number of β-amino-alcohol motifs (C(OH)–C–C–N with tert-alkyl or cyclic N) is 1. The molecule has 0 aromatic heterocycles. The van der Waals surface area contributed by atoms with Crippen LogP contribution in [0.1, 0.15) is 18.9 Å². The van der Waals surface area contributed by atoms with Crippen LogP contribution in [0.3, 0.4) is 0 Å². The zero-order valence-electron chi connectivity index (χ0n) is 13.3. The van der Waals surface area contributed by atoms with Gasteiger partial charge in [0.2, 0.25) is 0 Å². The molecule has 4 nitrogen and oxygen atoms in total. The van der Waals surface area contributed by atoms with Gasteiger partial charge in [-0.2, -0.15) is 13.2 Å². The third kappa shape index (κ3) is 4.75. The van der Waals surface area contributed by atoms with E-state index in [9.17, 15) is 13.2 Å². The van der Waals surface area contributed by atoms with Crippen molar-refractivity contribution in [3.05, 3.63) is 23.8 Å². The lowest BCUT2D eigenvalue weighted by molar-refractivity contribution is -0.137. The monoisotopic (exact) mass is 332 g/mol. The number of alkyl halides is 3. The number of aliphatic hydroxyl groups is 1. The van der Waals surface area contributed by atoms with Gasteiger partial charge in [-0.15, -0.1) is 0 Å². The molecule has 1 aromatic rings. The number of rotatable bonds is 6. The van der Waals surface area contributed by atoms with E-state index < -0.39 is 11.7 Å². The summed E-state index contributed by atoms with van der Waals surface area (Å²) in [6.07, 6.45) is -3.67. The van der Waals surface area contributed by atoms with Gasteiger partial charge in [-0.05, 0) is 24.6 Å². The summed E-state index contributed by atoms with van der Waals surface area (Å²) in [7, 11) is 0. The predicted octanol–water partition coefficient (Wildman–Crippen LogP) is 2.61. The van der Waals surface area contributed by atoms with Gasteiger partial charge in [0.05, 0.1) is 18.8 Å². The van der Waals surface area contributed by atoms with Gasteiger partial charge in [0.15, 0.2) is 0 Å². The molecular weight excluding hydrogens is 309 g/mol. The standard InChI is InChI=1S/C16H23F3N2O2/c1-2-11-23-13-3-4-15(14(12-13)16(17,18)19)21-7-5-20(6-8-21)9-10-22/h3-4,12,22H,2,5-11H2,1H3. The average molecular weight is 332 g/mol. The zero-order valence-corrected chi connectivity index (χ0v) is 13.3. The van der Waals surface area contributed by atoms with Gasteiger partial charge in [0, 0.05) is 38.4 Å². The summed E-state index contributed by atoms with van der Waals surface area (Å²) < 4.78 is 45.5. The van der Waals surface area contributed by atoms with Gasteiger partial charge >= 0.3 is 6.18 Å². The van der Waals surface area contributed by atoms with Crippen LogP contribution in [0.25, 0.3) is 0 Å². The predicted molar refractivity (Wildman–Crippen MR) is 83.0 cm³/mol. The molecule has 2 rings (SSSR count). The van der Waals surface area contributed by atoms with Crippen LogP contribution in [0.15, 0.2) is 18.2 Å². The van der Waals surface area contributed by atoms with Crippen molar-refractivity contribution in [1.29, 1.82) is 0 Å². The number of ether oxygens (including phenoxy) is 1. The first-order chi connectivity index (χ1) is 11.0. The summed E-state index contributed by atoms with van der Waals surface area (Å²) in [5.41, 5.74) is -0.452. The molecular formula is C16H23F3N2O2. The van der Waals surface area contributed by atoms with Crippen molar-refractivity contribution >= 4 is 5.69 Å². The molecule has 1 aliphatic rings. The van der Waals surface area contributed by atoms with Crippen LogP contribution in [0.2, 0.25) is 0 Å². The summed E-state index contributed by atoms with van der Waals surface area (Å²) in [6.45, 7) is 5.25. The van der Waals surface area contributed by atoms with E-state index in [1.807, 2.05) is 11.8 Å². The Morgan fingerprint density at radius 2 is 1.87 bits per heavy atom. The van der Waals surface area contributed by atoms with Gasteiger partial charge < -0.3 is 14.7 Å². The van der Waals surface area contributed by atoms with Crippen LogP contribution in [0.4, 0.5) is 18.9 Å². The number of hydrogen-bond acceptors (Lipinski definition) is 4. The van der Waals surface area contributed by atoms with Gasteiger partial charge in [-0.1, -0.05) is 6.92 Å². The summed E-state index contributed by atoms with van der Waals surface area (Å²) in [5.74, 6) is 0.252. The topological polar surface area (TPSA) is 35.9 Å².